The summed E-state index contributed by atoms with van der Waals surface area (Å²) in [5.74, 6) is 2.48. The summed E-state index contributed by atoms with van der Waals surface area (Å²) in [6.07, 6.45) is -0.597. The fourth-order valence-electron chi connectivity index (χ4n) is 3.49. The Balaban J connectivity index is 1.14. The summed E-state index contributed by atoms with van der Waals surface area (Å²) >= 11 is 1.60. The first-order valence-electron chi connectivity index (χ1n) is 9.51. The summed E-state index contributed by atoms with van der Waals surface area (Å²) < 4.78 is 16.9. The Morgan fingerprint density at radius 2 is 1.97 bits per heavy atom. The largest absolute Gasteiger partial charge is 0.485 e. The Morgan fingerprint density at radius 3 is 2.76 bits per heavy atom. The number of amides is 1. The van der Waals surface area contributed by atoms with Crippen LogP contribution in [0.25, 0.3) is 11.4 Å². The normalized spacial score (nSPS) is 19.3. The molecule has 0 saturated carbocycles. The molecule has 0 aliphatic carbocycles. The molecule has 4 heterocycles. The molecule has 1 saturated heterocycles. The van der Waals surface area contributed by atoms with Crippen molar-refractivity contribution in [3.8, 4) is 22.9 Å². The Labute approximate surface area is 171 Å². The van der Waals surface area contributed by atoms with Crippen molar-refractivity contribution in [3.05, 3.63) is 47.0 Å². The van der Waals surface area contributed by atoms with Crippen LogP contribution in [-0.4, -0.2) is 64.7 Å². The number of fused-ring (bicyclic) bond motifs is 1. The highest BCUT2D eigenvalue weighted by atomic mass is 32.1. The van der Waals surface area contributed by atoms with Gasteiger partial charge in [0.05, 0.1) is 6.54 Å². The molecule has 8 nitrogen and oxygen atoms in total. The maximum absolute atomic E-state index is 12.8. The van der Waals surface area contributed by atoms with Gasteiger partial charge in [-0.1, -0.05) is 17.3 Å². The molecule has 0 spiro atoms. The number of hydrogen-bond acceptors (Lipinski definition) is 8. The van der Waals surface area contributed by atoms with Crippen LogP contribution in [0.15, 0.2) is 45.6 Å². The van der Waals surface area contributed by atoms with E-state index in [1.165, 1.54) is 0 Å². The molecule has 1 atom stereocenters. The quantitative estimate of drug-likeness (QED) is 0.650. The van der Waals surface area contributed by atoms with Crippen LogP contribution in [0.4, 0.5) is 0 Å². The highest BCUT2D eigenvalue weighted by Gasteiger charge is 2.32. The second kappa shape index (κ2) is 7.84. The van der Waals surface area contributed by atoms with Crippen LogP contribution in [0.5, 0.6) is 11.5 Å². The number of hydrogen-bond donors (Lipinski definition) is 0. The van der Waals surface area contributed by atoms with E-state index in [0.29, 0.717) is 42.8 Å². The smallest absolute Gasteiger partial charge is 0.267 e. The topological polar surface area (TPSA) is 80.9 Å². The number of para-hydroxylation sites is 2. The molecular weight excluding hydrogens is 392 g/mol. The summed E-state index contributed by atoms with van der Waals surface area (Å²) in [6, 6.07) is 9.39. The second-order valence-electron chi connectivity index (χ2n) is 6.99. The van der Waals surface area contributed by atoms with Crippen molar-refractivity contribution in [2.75, 3.05) is 32.8 Å². The van der Waals surface area contributed by atoms with Gasteiger partial charge in [0.15, 0.2) is 11.5 Å². The first kappa shape index (κ1) is 18.1. The van der Waals surface area contributed by atoms with Crippen molar-refractivity contribution in [3.63, 3.8) is 0 Å². The Kier molecular flexibility index (Phi) is 4.91. The van der Waals surface area contributed by atoms with Crippen LogP contribution in [0.1, 0.15) is 5.89 Å². The van der Waals surface area contributed by atoms with E-state index in [2.05, 4.69) is 15.0 Å². The molecule has 150 valence electrons. The van der Waals surface area contributed by atoms with Crippen molar-refractivity contribution >= 4 is 17.2 Å². The average Bonchev–Trinajstić information content (AvgIpc) is 3.45. The summed E-state index contributed by atoms with van der Waals surface area (Å²) in [5.41, 5.74) is 0.969. The van der Waals surface area contributed by atoms with Crippen LogP contribution < -0.4 is 9.47 Å². The predicted molar refractivity (Wildman–Crippen MR) is 106 cm³/mol. The summed E-state index contributed by atoms with van der Waals surface area (Å²) in [4.78, 5) is 21.3. The van der Waals surface area contributed by atoms with Gasteiger partial charge in [0.2, 0.25) is 17.8 Å². The molecule has 29 heavy (non-hydrogen) atoms. The standard InChI is InChI=1S/C20H20N4O4S/c25-20(17-12-26-15-3-1-2-4-16(15)27-17)24-8-6-23(7-9-24)11-18-21-19(22-28-18)14-5-10-29-13-14/h1-5,10,13,17H,6-9,11-12H2. The van der Waals surface area contributed by atoms with Crippen molar-refractivity contribution in [1.82, 2.24) is 19.9 Å². The third-order valence-corrected chi connectivity index (χ3v) is 5.76. The maximum atomic E-state index is 12.8. The van der Waals surface area contributed by atoms with Gasteiger partial charge in [0.1, 0.15) is 6.61 Å². The van der Waals surface area contributed by atoms with E-state index in [0.717, 1.165) is 18.7 Å². The molecule has 1 aromatic carbocycles. The lowest BCUT2D eigenvalue weighted by Crippen LogP contribution is -2.53. The molecule has 3 aromatic rings. The number of ether oxygens (including phenoxy) is 2. The minimum Gasteiger partial charge on any atom is -0.485 e. The zero-order chi connectivity index (χ0) is 19.6. The molecule has 2 aliphatic heterocycles. The first-order chi connectivity index (χ1) is 14.3. The number of carbonyl (C=O) groups is 1. The van der Waals surface area contributed by atoms with Gasteiger partial charge in [-0.3, -0.25) is 9.69 Å². The van der Waals surface area contributed by atoms with Crippen molar-refractivity contribution in [2.24, 2.45) is 0 Å². The van der Waals surface area contributed by atoms with Crippen LogP contribution in [-0.2, 0) is 11.3 Å². The fraction of sp³-hybridized carbons (Fsp3) is 0.350. The molecule has 1 fully saturated rings. The van der Waals surface area contributed by atoms with Crippen LogP contribution in [0.3, 0.4) is 0 Å². The number of rotatable bonds is 4. The third-order valence-electron chi connectivity index (χ3n) is 5.07. The fourth-order valence-corrected chi connectivity index (χ4v) is 4.12. The molecule has 2 aromatic heterocycles. The highest BCUT2D eigenvalue weighted by molar-refractivity contribution is 7.08. The summed E-state index contributed by atoms with van der Waals surface area (Å²) in [7, 11) is 0. The minimum absolute atomic E-state index is 0.0308. The second-order valence-corrected chi connectivity index (χ2v) is 7.77. The van der Waals surface area contributed by atoms with E-state index >= 15 is 0 Å². The van der Waals surface area contributed by atoms with Crippen LogP contribution in [0, 0.1) is 0 Å². The van der Waals surface area contributed by atoms with Gasteiger partial charge >= 0.3 is 0 Å². The summed E-state index contributed by atoms with van der Waals surface area (Å²) in [6.45, 7) is 3.56. The Morgan fingerprint density at radius 1 is 1.14 bits per heavy atom. The van der Waals surface area contributed by atoms with Gasteiger partial charge in [-0.2, -0.15) is 16.3 Å². The van der Waals surface area contributed by atoms with Crippen molar-refractivity contribution in [1.29, 1.82) is 0 Å². The summed E-state index contributed by atoms with van der Waals surface area (Å²) in [5, 5.41) is 8.03. The van der Waals surface area contributed by atoms with E-state index in [-0.39, 0.29) is 12.5 Å². The van der Waals surface area contributed by atoms with Gasteiger partial charge in [0.25, 0.3) is 5.91 Å². The monoisotopic (exact) mass is 412 g/mol. The number of aromatic nitrogens is 2. The van der Waals surface area contributed by atoms with E-state index in [1.807, 2.05) is 46.0 Å². The third kappa shape index (κ3) is 3.83. The number of piperazine rings is 1. The Bertz CT molecular complexity index is 982. The van der Waals surface area contributed by atoms with Gasteiger partial charge in [-0.25, -0.2) is 0 Å². The molecule has 2 aliphatic rings. The maximum Gasteiger partial charge on any atom is 0.267 e. The van der Waals surface area contributed by atoms with E-state index in [9.17, 15) is 4.79 Å². The van der Waals surface area contributed by atoms with Gasteiger partial charge < -0.3 is 18.9 Å². The first-order valence-corrected chi connectivity index (χ1v) is 10.5. The molecule has 0 N–H and O–H groups in total. The predicted octanol–water partition coefficient (Wildman–Crippen LogP) is 2.28. The van der Waals surface area contributed by atoms with Crippen LogP contribution in [0.2, 0.25) is 0 Å². The van der Waals surface area contributed by atoms with Gasteiger partial charge in [-0.05, 0) is 23.6 Å². The molecular formula is C20H20N4O4S. The van der Waals surface area contributed by atoms with E-state index < -0.39 is 6.10 Å². The molecule has 0 bridgehead atoms. The van der Waals surface area contributed by atoms with Gasteiger partial charge in [0, 0.05) is 37.1 Å². The van der Waals surface area contributed by atoms with E-state index in [1.54, 1.807) is 11.3 Å². The average molecular weight is 412 g/mol. The highest BCUT2D eigenvalue weighted by Crippen LogP contribution is 2.31. The lowest BCUT2D eigenvalue weighted by atomic mass is 10.2. The molecule has 5 rings (SSSR count). The zero-order valence-corrected chi connectivity index (χ0v) is 16.5. The minimum atomic E-state index is -0.597. The van der Waals surface area contributed by atoms with Gasteiger partial charge in [-0.15, -0.1) is 0 Å². The lowest BCUT2D eigenvalue weighted by Gasteiger charge is -2.36. The molecule has 1 amide bonds. The number of carbonyl (C=O) groups excluding carboxylic acids is 1. The molecule has 1 unspecified atom stereocenters. The Hall–Kier alpha value is -2.91. The lowest BCUT2D eigenvalue weighted by molar-refractivity contribution is -0.143. The van der Waals surface area contributed by atoms with E-state index in [4.69, 9.17) is 14.0 Å². The number of thiophene rings is 1. The van der Waals surface area contributed by atoms with Crippen LogP contribution >= 0.6 is 11.3 Å². The SMILES string of the molecule is O=C(C1COc2ccccc2O1)N1CCN(Cc2nc(-c3ccsc3)no2)CC1. The molecule has 9 heteroatoms. The number of nitrogens with zero attached hydrogens (tertiary/aromatic N) is 4. The molecule has 0 radical (unpaired) electrons. The number of benzene rings is 1. The zero-order valence-electron chi connectivity index (χ0n) is 15.7. The van der Waals surface area contributed by atoms with Crippen molar-refractivity contribution in [2.45, 2.75) is 12.6 Å². The van der Waals surface area contributed by atoms with Crippen molar-refractivity contribution < 1.29 is 18.8 Å².